The van der Waals surface area contributed by atoms with Gasteiger partial charge in [0.05, 0.1) is 22.1 Å². The van der Waals surface area contributed by atoms with Crippen molar-refractivity contribution in [1.82, 2.24) is 9.55 Å². The number of aliphatic carboxylic acids is 1. The second-order valence-corrected chi connectivity index (χ2v) is 12.9. The predicted molar refractivity (Wildman–Crippen MR) is 162 cm³/mol. The van der Waals surface area contributed by atoms with Crippen molar-refractivity contribution >= 4 is 66.0 Å². The zero-order chi connectivity index (χ0) is 30.9. The van der Waals surface area contributed by atoms with Crippen molar-refractivity contribution in [3.63, 3.8) is 0 Å². The number of furan rings is 1. The monoisotopic (exact) mass is 693 g/mol. The summed E-state index contributed by atoms with van der Waals surface area (Å²) in [7, 11) is -5.66. The highest BCUT2D eigenvalue weighted by molar-refractivity contribution is 9.10. The molecule has 2 N–H and O–H groups in total. The average Bonchev–Trinajstić information content (AvgIpc) is 3.68. The molecule has 14 heteroatoms. The van der Waals surface area contributed by atoms with E-state index >= 15 is 0 Å². The number of hydrogen-bond donors (Lipinski definition) is 2. The second kappa shape index (κ2) is 12.0. The zero-order valence-corrected chi connectivity index (χ0v) is 25.6. The number of hydrogen-bond acceptors (Lipinski definition) is 6. The van der Waals surface area contributed by atoms with Gasteiger partial charge < -0.3 is 14.1 Å². The van der Waals surface area contributed by atoms with Gasteiger partial charge in [-0.05, 0) is 63.3 Å². The molecule has 0 saturated carbocycles. The smallest absolute Gasteiger partial charge is 0.478 e. The van der Waals surface area contributed by atoms with Crippen molar-refractivity contribution in [1.29, 1.82) is 0 Å². The number of alkyl halides is 3. The summed E-state index contributed by atoms with van der Waals surface area (Å²) in [5.74, 6) is -0.119. The molecule has 43 heavy (non-hydrogen) atoms. The van der Waals surface area contributed by atoms with E-state index in [1.165, 1.54) is 29.5 Å². The summed E-state index contributed by atoms with van der Waals surface area (Å²) in [6.07, 6.45) is 4.14. The molecule has 3 aromatic heterocycles. The zero-order valence-electron chi connectivity index (χ0n) is 22.4. The Hall–Kier alpha value is -3.88. The van der Waals surface area contributed by atoms with E-state index in [0.717, 1.165) is 16.3 Å². The third-order valence-electron chi connectivity index (χ3n) is 6.58. The molecule has 0 radical (unpaired) electrons. The molecule has 0 aliphatic carbocycles. The summed E-state index contributed by atoms with van der Waals surface area (Å²) in [6, 6.07) is 14.7. The largest absolute Gasteiger partial charge is 0.516 e. The van der Waals surface area contributed by atoms with Crippen LogP contribution in [0.4, 0.5) is 18.9 Å². The number of carboxylic acids is 1. The van der Waals surface area contributed by atoms with Crippen LogP contribution in [-0.4, -0.2) is 34.6 Å². The van der Waals surface area contributed by atoms with Gasteiger partial charge in [0.25, 0.3) is 0 Å². The van der Waals surface area contributed by atoms with Crippen LogP contribution in [0.5, 0.6) is 0 Å². The Kier molecular flexibility index (Phi) is 8.54. The van der Waals surface area contributed by atoms with Gasteiger partial charge in [0.1, 0.15) is 11.4 Å². The van der Waals surface area contributed by atoms with Gasteiger partial charge >= 0.3 is 21.5 Å². The van der Waals surface area contributed by atoms with Crippen molar-refractivity contribution < 1.29 is 35.9 Å². The summed E-state index contributed by atoms with van der Waals surface area (Å²) in [6.45, 7) is 2.30. The minimum absolute atomic E-state index is 0.113. The second-order valence-electron chi connectivity index (χ2n) is 9.44. The quantitative estimate of drug-likeness (QED) is 0.145. The molecular weight excluding hydrogens is 671 g/mol. The lowest BCUT2D eigenvalue weighted by molar-refractivity contribution is -0.132. The number of aryl methyl sites for hydroxylation is 1. The van der Waals surface area contributed by atoms with Crippen LogP contribution in [-0.2, 0) is 34.2 Å². The van der Waals surface area contributed by atoms with Gasteiger partial charge in [-0.2, -0.15) is 21.6 Å². The molecule has 0 saturated heterocycles. The maximum Gasteiger partial charge on any atom is 0.516 e. The van der Waals surface area contributed by atoms with Crippen molar-refractivity contribution in [3.05, 3.63) is 98.2 Å². The fraction of sp³-hybridized carbons (Fsp3) is 0.172. The minimum Gasteiger partial charge on any atom is -0.478 e. The lowest BCUT2D eigenvalue weighted by atomic mass is 10.1. The van der Waals surface area contributed by atoms with E-state index in [9.17, 15) is 31.5 Å². The van der Waals surface area contributed by atoms with E-state index in [1.54, 1.807) is 29.1 Å². The number of carbonyl (C=O) groups is 1. The van der Waals surface area contributed by atoms with Gasteiger partial charge in [0.15, 0.2) is 5.76 Å². The van der Waals surface area contributed by atoms with Gasteiger partial charge in [0.2, 0.25) is 0 Å². The van der Waals surface area contributed by atoms with E-state index in [4.69, 9.17) is 4.42 Å². The molecule has 0 aliphatic rings. The number of aromatic nitrogens is 2. The normalized spacial score (nSPS) is 12.6. The molecular formula is C29H23BrF3N3O5S2. The van der Waals surface area contributed by atoms with Crippen LogP contribution in [0.2, 0.25) is 0 Å². The number of carboxylic acid groups (broad SMARTS) is 1. The first-order chi connectivity index (χ1) is 20.4. The molecule has 5 rings (SSSR count). The number of sulfonamides is 1. The number of thiophene rings is 1. The van der Waals surface area contributed by atoms with Crippen LogP contribution in [0.3, 0.4) is 0 Å². The number of fused-ring (bicyclic) bond motifs is 1. The Labute approximate surface area is 256 Å². The van der Waals surface area contributed by atoms with E-state index in [0.29, 0.717) is 34.1 Å². The maximum atomic E-state index is 13.1. The molecule has 0 amide bonds. The highest BCUT2D eigenvalue weighted by atomic mass is 79.9. The van der Waals surface area contributed by atoms with E-state index in [1.807, 2.05) is 41.1 Å². The van der Waals surface area contributed by atoms with Gasteiger partial charge in [-0.3, -0.25) is 4.72 Å². The Morgan fingerprint density at radius 3 is 2.63 bits per heavy atom. The SMILES string of the molecule is CCc1ncc(C=C(Cc2cccs2)C(=O)O)n1Cc1ccc2oc(-c3ccccc3NS(=O)(=O)C(F)(F)F)c(Br)c2c1. The lowest BCUT2D eigenvalue weighted by Crippen LogP contribution is -2.30. The fourth-order valence-electron chi connectivity index (χ4n) is 4.52. The predicted octanol–water partition coefficient (Wildman–Crippen LogP) is 7.70. The topological polar surface area (TPSA) is 114 Å². The Balaban J connectivity index is 1.50. The number of halogens is 4. The summed E-state index contributed by atoms with van der Waals surface area (Å²) < 4.78 is 72.7. The van der Waals surface area contributed by atoms with Crippen molar-refractivity contribution in [3.8, 4) is 11.3 Å². The van der Waals surface area contributed by atoms with Gasteiger partial charge in [-0.25, -0.2) is 9.78 Å². The molecule has 5 aromatic rings. The number of imidazole rings is 1. The van der Waals surface area contributed by atoms with Crippen LogP contribution >= 0.6 is 27.3 Å². The third kappa shape index (κ3) is 6.40. The first-order valence-electron chi connectivity index (χ1n) is 12.8. The number of para-hydroxylation sites is 1. The molecule has 0 unspecified atom stereocenters. The van der Waals surface area contributed by atoms with E-state index < -0.39 is 21.5 Å². The van der Waals surface area contributed by atoms with Crippen LogP contribution < -0.4 is 4.72 Å². The standard InChI is InChI=1S/C29H23BrF3N3O5S2/c1-2-25-34-15-19(13-18(28(37)38)14-20-6-5-11-42-20)36(25)16-17-9-10-24-22(12-17)26(30)27(41-24)21-7-3-4-8-23(21)35-43(39,40)29(31,32)33/h3-13,15,35H,2,14,16H2,1H3,(H,37,38). The summed E-state index contributed by atoms with van der Waals surface area (Å²) in [4.78, 5) is 17.4. The number of benzene rings is 2. The fourth-order valence-corrected chi connectivity index (χ4v) is 6.43. The van der Waals surface area contributed by atoms with Gasteiger partial charge in [-0.1, -0.05) is 31.2 Å². The molecule has 8 nitrogen and oxygen atoms in total. The van der Waals surface area contributed by atoms with Crippen LogP contribution in [0.15, 0.2) is 80.6 Å². The van der Waals surface area contributed by atoms with Crippen molar-refractivity contribution in [2.45, 2.75) is 31.8 Å². The molecule has 2 aromatic carbocycles. The Bertz CT molecular complexity index is 1950. The summed E-state index contributed by atoms with van der Waals surface area (Å²) >= 11 is 4.97. The van der Waals surface area contributed by atoms with Crippen LogP contribution in [0, 0.1) is 0 Å². The summed E-state index contributed by atoms with van der Waals surface area (Å²) in [5.41, 5.74) is -3.57. The third-order valence-corrected chi connectivity index (χ3v) is 9.34. The molecule has 3 heterocycles. The van der Waals surface area contributed by atoms with Gasteiger partial charge in [0, 0.05) is 40.8 Å². The first kappa shape index (κ1) is 30.6. The molecule has 0 atom stereocenters. The number of anilines is 1. The molecule has 0 bridgehead atoms. The van der Waals surface area contributed by atoms with E-state index in [2.05, 4.69) is 20.9 Å². The number of nitrogens with zero attached hydrogens (tertiary/aromatic N) is 2. The minimum atomic E-state index is -5.66. The molecule has 0 spiro atoms. The average molecular weight is 695 g/mol. The summed E-state index contributed by atoms with van der Waals surface area (Å²) in [5, 5.41) is 12.3. The van der Waals surface area contributed by atoms with Crippen molar-refractivity contribution in [2.24, 2.45) is 0 Å². The lowest BCUT2D eigenvalue weighted by Gasteiger charge is -2.13. The number of nitrogens with one attached hydrogen (secondary N) is 1. The Morgan fingerprint density at radius 1 is 1.19 bits per heavy atom. The Morgan fingerprint density at radius 2 is 1.95 bits per heavy atom. The molecule has 0 fully saturated rings. The van der Waals surface area contributed by atoms with E-state index in [-0.39, 0.29) is 29.0 Å². The highest BCUT2D eigenvalue weighted by Gasteiger charge is 2.46. The van der Waals surface area contributed by atoms with Crippen LogP contribution in [0.25, 0.3) is 28.4 Å². The molecule has 0 aliphatic heterocycles. The van der Waals surface area contributed by atoms with Crippen LogP contribution in [0.1, 0.15) is 28.9 Å². The maximum absolute atomic E-state index is 13.1. The van der Waals surface area contributed by atoms with Crippen molar-refractivity contribution in [2.75, 3.05) is 4.72 Å². The highest BCUT2D eigenvalue weighted by Crippen LogP contribution is 2.42. The van der Waals surface area contributed by atoms with Gasteiger partial charge in [-0.15, -0.1) is 11.3 Å². The molecule has 224 valence electrons. The first-order valence-corrected chi connectivity index (χ1v) is 15.9. The number of rotatable bonds is 10.